The van der Waals surface area contributed by atoms with E-state index in [1.165, 1.54) is 38.5 Å². The minimum absolute atomic E-state index is 0.620. The second-order valence-electron chi connectivity index (χ2n) is 5.62. The second-order valence-corrected chi connectivity index (χ2v) is 5.62. The molecule has 1 heteroatoms. The topological polar surface area (TPSA) is 20.2 Å². The molecule has 1 rings (SSSR count). The van der Waals surface area contributed by atoms with Gasteiger partial charge in [0.25, 0.3) is 0 Å². The Balaban J connectivity index is 2.29. The molecule has 1 nitrogen and oxygen atoms in total. The van der Waals surface area contributed by atoms with Gasteiger partial charge in [0.05, 0.1) is 5.60 Å². The summed E-state index contributed by atoms with van der Waals surface area (Å²) in [4.78, 5) is 0. The molecule has 0 radical (unpaired) electrons. The van der Waals surface area contributed by atoms with Crippen molar-refractivity contribution in [3.63, 3.8) is 0 Å². The van der Waals surface area contributed by atoms with Crippen LogP contribution in [-0.4, -0.2) is 5.11 Å². The van der Waals surface area contributed by atoms with Gasteiger partial charge in [0.2, 0.25) is 0 Å². The first-order valence-corrected chi connectivity index (χ1v) is 8.01. The molecular formula is C18H30O. The molecule has 1 aromatic carbocycles. The summed E-state index contributed by atoms with van der Waals surface area (Å²) >= 11 is 0. The van der Waals surface area contributed by atoms with Crippen molar-refractivity contribution < 1.29 is 5.11 Å². The summed E-state index contributed by atoms with van der Waals surface area (Å²) in [6.45, 7) is 4.33. The van der Waals surface area contributed by atoms with Gasteiger partial charge in [-0.2, -0.15) is 0 Å². The van der Waals surface area contributed by atoms with Gasteiger partial charge in [0.15, 0.2) is 0 Å². The molecule has 1 aromatic rings. The Morgan fingerprint density at radius 3 is 2.00 bits per heavy atom. The standard InChI is InChI=1S/C18H30O/c1-3-5-6-7-8-9-13-16-18(19,4-2)17-14-11-10-12-15-17/h10-12,14-15,19H,3-9,13,16H2,1-2H3. The number of rotatable bonds is 10. The van der Waals surface area contributed by atoms with Crippen molar-refractivity contribution >= 4 is 0 Å². The van der Waals surface area contributed by atoms with Crippen LogP contribution in [0.4, 0.5) is 0 Å². The van der Waals surface area contributed by atoms with Crippen molar-refractivity contribution in [2.45, 2.75) is 77.2 Å². The highest BCUT2D eigenvalue weighted by Gasteiger charge is 2.25. The molecule has 0 bridgehead atoms. The third kappa shape index (κ3) is 5.78. The maximum absolute atomic E-state index is 10.7. The second kappa shape index (κ2) is 9.14. The minimum atomic E-state index is -0.620. The quantitative estimate of drug-likeness (QED) is 0.558. The zero-order chi connectivity index (χ0) is 14.0. The van der Waals surface area contributed by atoms with Gasteiger partial charge < -0.3 is 5.11 Å². The van der Waals surface area contributed by atoms with Gasteiger partial charge in [-0.25, -0.2) is 0 Å². The van der Waals surface area contributed by atoms with Gasteiger partial charge >= 0.3 is 0 Å². The van der Waals surface area contributed by atoms with Gasteiger partial charge in [-0.05, 0) is 18.4 Å². The van der Waals surface area contributed by atoms with E-state index in [2.05, 4.69) is 13.8 Å². The molecule has 108 valence electrons. The molecule has 0 aromatic heterocycles. The van der Waals surface area contributed by atoms with Crippen LogP contribution in [0.5, 0.6) is 0 Å². The molecule has 0 spiro atoms. The van der Waals surface area contributed by atoms with Gasteiger partial charge in [0.1, 0.15) is 0 Å². The van der Waals surface area contributed by atoms with Crippen LogP contribution in [-0.2, 0) is 5.60 Å². The molecule has 0 aliphatic heterocycles. The van der Waals surface area contributed by atoms with Crippen molar-refractivity contribution in [1.82, 2.24) is 0 Å². The maximum atomic E-state index is 10.7. The number of unbranched alkanes of at least 4 members (excludes halogenated alkanes) is 6. The van der Waals surface area contributed by atoms with E-state index in [4.69, 9.17) is 0 Å². The monoisotopic (exact) mass is 262 g/mol. The zero-order valence-electron chi connectivity index (χ0n) is 12.7. The summed E-state index contributed by atoms with van der Waals surface area (Å²) in [6.07, 6.45) is 10.8. The Morgan fingerprint density at radius 1 is 0.842 bits per heavy atom. The van der Waals surface area contributed by atoms with Crippen molar-refractivity contribution in [3.8, 4) is 0 Å². The third-order valence-corrected chi connectivity index (χ3v) is 4.09. The highest BCUT2D eigenvalue weighted by Crippen LogP contribution is 2.30. The normalized spacial score (nSPS) is 14.3. The predicted octanol–water partition coefficient (Wildman–Crippen LogP) is 5.42. The molecule has 1 atom stereocenters. The molecule has 0 heterocycles. The van der Waals surface area contributed by atoms with Crippen LogP contribution in [0.25, 0.3) is 0 Å². The number of hydrogen-bond acceptors (Lipinski definition) is 1. The van der Waals surface area contributed by atoms with E-state index in [0.29, 0.717) is 0 Å². The summed E-state index contributed by atoms with van der Waals surface area (Å²) in [7, 11) is 0. The molecule has 0 saturated carbocycles. The molecule has 0 saturated heterocycles. The van der Waals surface area contributed by atoms with Gasteiger partial charge in [-0.3, -0.25) is 0 Å². The molecule has 1 N–H and O–H groups in total. The van der Waals surface area contributed by atoms with Crippen LogP contribution in [0.1, 0.15) is 77.2 Å². The number of benzene rings is 1. The smallest absolute Gasteiger partial charge is 0.0893 e. The molecule has 19 heavy (non-hydrogen) atoms. The first-order valence-electron chi connectivity index (χ1n) is 8.01. The van der Waals surface area contributed by atoms with Crippen molar-refractivity contribution in [2.24, 2.45) is 0 Å². The molecular weight excluding hydrogens is 232 g/mol. The highest BCUT2D eigenvalue weighted by molar-refractivity contribution is 5.21. The fourth-order valence-corrected chi connectivity index (χ4v) is 2.65. The fourth-order valence-electron chi connectivity index (χ4n) is 2.65. The lowest BCUT2D eigenvalue weighted by atomic mass is 9.86. The van der Waals surface area contributed by atoms with Crippen molar-refractivity contribution in [2.75, 3.05) is 0 Å². The van der Waals surface area contributed by atoms with Crippen LogP contribution in [0, 0.1) is 0 Å². The first-order chi connectivity index (χ1) is 9.23. The van der Waals surface area contributed by atoms with E-state index in [-0.39, 0.29) is 0 Å². The molecule has 0 aliphatic rings. The van der Waals surface area contributed by atoms with E-state index in [9.17, 15) is 5.11 Å². The van der Waals surface area contributed by atoms with E-state index in [1.54, 1.807) is 0 Å². The lowest BCUT2D eigenvalue weighted by Gasteiger charge is -2.27. The average Bonchev–Trinajstić information content (AvgIpc) is 2.47. The molecule has 0 aliphatic carbocycles. The lowest BCUT2D eigenvalue weighted by molar-refractivity contribution is 0.0207. The summed E-state index contributed by atoms with van der Waals surface area (Å²) in [5.74, 6) is 0. The average molecular weight is 262 g/mol. The minimum Gasteiger partial charge on any atom is -0.385 e. The third-order valence-electron chi connectivity index (χ3n) is 4.09. The summed E-state index contributed by atoms with van der Waals surface area (Å²) in [6, 6.07) is 10.1. The van der Waals surface area contributed by atoms with E-state index >= 15 is 0 Å². The zero-order valence-corrected chi connectivity index (χ0v) is 12.7. The Morgan fingerprint density at radius 2 is 1.42 bits per heavy atom. The highest BCUT2D eigenvalue weighted by atomic mass is 16.3. The SMILES string of the molecule is CCCCCCCCCC(O)(CC)c1ccccc1. The van der Waals surface area contributed by atoms with Crippen LogP contribution in [0.2, 0.25) is 0 Å². The predicted molar refractivity (Wildman–Crippen MR) is 83.2 cm³/mol. The fraction of sp³-hybridized carbons (Fsp3) is 0.667. The summed E-state index contributed by atoms with van der Waals surface area (Å²) in [5, 5.41) is 10.7. The largest absolute Gasteiger partial charge is 0.385 e. The van der Waals surface area contributed by atoms with E-state index in [1.807, 2.05) is 30.3 Å². The van der Waals surface area contributed by atoms with Crippen molar-refractivity contribution in [3.05, 3.63) is 35.9 Å². The van der Waals surface area contributed by atoms with Gasteiger partial charge in [0, 0.05) is 0 Å². The Kier molecular flexibility index (Phi) is 7.81. The number of aliphatic hydroxyl groups is 1. The van der Waals surface area contributed by atoms with Gasteiger partial charge in [-0.1, -0.05) is 89.1 Å². The van der Waals surface area contributed by atoms with Crippen LogP contribution in [0.15, 0.2) is 30.3 Å². The van der Waals surface area contributed by atoms with E-state index in [0.717, 1.165) is 24.8 Å². The van der Waals surface area contributed by atoms with Gasteiger partial charge in [-0.15, -0.1) is 0 Å². The van der Waals surface area contributed by atoms with Crippen LogP contribution in [0.3, 0.4) is 0 Å². The number of hydrogen-bond donors (Lipinski definition) is 1. The first kappa shape index (κ1) is 16.2. The summed E-state index contributed by atoms with van der Waals surface area (Å²) in [5.41, 5.74) is 0.452. The Bertz CT molecular complexity index is 320. The maximum Gasteiger partial charge on any atom is 0.0893 e. The summed E-state index contributed by atoms with van der Waals surface area (Å²) < 4.78 is 0. The molecule has 0 fully saturated rings. The van der Waals surface area contributed by atoms with Crippen LogP contribution < -0.4 is 0 Å². The van der Waals surface area contributed by atoms with Crippen LogP contribution >= 0.6 is 0 Å². The lowest BCUT2D eigenvalue weighted by Crippen LogP contribution is -2.24. The molecule has 0 amide bonds. The van der Waals surface area contributed by atoms with E-state index < -0.39 is 5.60 Å². The van der Waals surface area contributed by atoms with Crippen molar-refractivity contribution in [1.29, 1.82) is 0 Å². The molecule has 1 unspecified atom stereocenters. The Labute approximate surface area is 119 Å². The Hall–Kier alpha value is -0.820.